The molecule has 104 valence electrons. The van der Waals surface area contributed by atoms with Gasteiger partial charge < -0.3 is 0 Å². The van der Waals surface area contributed by atoms with Crippen LogP contribution in [0, 0.1) is 0 Å². The molecule has 0 aliphatic carbocycles. The van der Waals surface area contributed by atoms with E-state index in [0.717, 1.165) is 26.2 Å². The number of hydrogen-bond acceptors (Lipinski definition) is 2. The fraction of sp³-hybridized carbons (Fsp3) is 1.00. The van der Waals surface area contributed by atoms with Gasteiger partial charge in [-0.3, -0.25) is 9.34 Å². The Bertz CT molecular complexity index is 213. The summed E-state index contributed by atoms with van der Waals surface area (Å²) in [5, 5.41) is 0. The van der Waals surface area contributed by atoms with Crippen molar-refractivity contribution in [2.45, 2.75) is 47.5 Å². The lowest BCUT2D eigenvalue weighted by atomic mass is 10.4. The minimum absolute atomic E-state index is 1.07. The molecule has 0 radical (unpaired) electrons. The number of nitrogens with zero attached hydrogens (tertiary/aromatic N) is 2. The molecule has 0 saturated heterocycles. The molecule has 17 heavy (non-hydrogen) atoms. The van der Waals surface area contributed by atoms with Crippen molar-refractivity contribution in [1.82, 2.24) is 9.34 Å². The van der Waals surface area contributed by atoms with Crippen molar-refractivity contribution < 1.29 is 0 Å². The maximum atomic E-state index is 6.08. The van der Waals surface area contributed by atoms with Crippen LogP contribution in [-0.4, -0.2) is 41.3 Å². The predicted molar refractivity (Wildman–Crippen MR) is 87.5 cm³/mol. The van der Waals surface area contributed by atoms with Gasteiger partial charge in [0.05, 0.1) is 0 Å². The molecule has 2 nitrogen and oxygen atoms in total. The summed E-state index contributed by atoms with van der Waals surface area (Å²) in [6, 6.07) is 0. The van der Waals surface area contributed by atoms with Crippen LogP contribution in [0.25, 0.3) is 0 Å². The Balaban J connectivity index is 4.84. The lowest BCUT2D eigenvalue weighted by Crippen LogP contribution is -2.30. The van der Waals surface area contributed by atoms with Crippen LogP contribution in [0.4, 0.5) is 0 Å². The Morgan fingerprint density at radius 2 is 1.29 bits per heavy atom. The summed E-state index contributed by atoms with van der Waals surface area (Å²) in [6.45, 7) is 15.5. The average molecular weight is 296 g/mol. The molecule has 0 aromatic heterocycles. The number of hydrogen-bond donors (Lipinski definition) is 0. The summed E-state index contributed by atoms with van der Waals surface area (Å²) in [7, 11) is 0. The second-order valence-electron chi connectivity index (χ2n) is 3.96. The fourth-order valence-corrected chi connectivity index (χ4v) is 10.1. The van der Waals surface area contributed by atoms with E-state index in [2.05, 4.69) is 44.0 Å². The number of unbranched alkanes of at least 4 members (excludes halogenated alkanes) is 1. The second kappa shape index (κ2) is 9.80. The molecule has 0 aromatic carbocycles. The lowest BCUT2D eigenvalue weighted by molar-refractivity contribution is 0.433. The van der Waals surface area contributed by atoms with Gasteiger partial charge in [-0.2, -0.15) is 0 Å². The van der Waals surface area contributed by atoms with Crippen molar-refractivity contribution in [3.8, 4) is 0 Å². The molecule has 0 fully saturated rings. The average Bonchev–Trinajstić information content (AvgIpc) is 2.32. The van der Waals surface area contributed by atoms with Crippen molar-refractivity contribution in [3.63, 3.8) is 0 Å². The highest BCUT2D eigenvalue weighted by atomic mass is 32.9. The zero-order valence-corrected chi connectivity index (χ0v) is 14.6. The Hall–Kier alpha value is 0.920. The van der Waals surface area contributed by atoms with Crippen molar-refractivity contribution in [2.24, 2.45) is 0 Å². The van der Waals surface area contributed by atoms with Crippen molar-refractivity contribution in [1.29, 1.82) is 0 Å². The fourth-order valence-electron chi connectivity index (χ4n) is 1.83. The van der Waals surface area contributed by atoms with Crippen LogP contribution in [0.15, 0.2) is 0 Å². The van der Waals surface area contributed by atoms with E-state index in [1.165, 1.54) is 18.6 Å². The quantitative estimate of drug-likeness (QED) is 0.434. The summed E-state index contributed by atoms with van der Waals surface area (Å²) in [4.78, 5) is 0. The highest BCUT2D eigenvalue weighted by molar-refractivity contribution is 8.69. The van der Waals surface area contributed by atoms with Crippen molar-refractivity contribution in [3.05, 3.63) is 0 Å². The van der Waals surface area contributed by atoms with Gasteiger partial charge in [-0.15, -0.1) is 0 Å². The molecule has 0 spiro atoms. The largest absolute Gasteiger partial charge is 0.256 e. The van der Waals surface area contributed by atoms with Crippen LogP contribution in [0.2, 0.25) is 0 Å². The normalized spacial score (nSPS) is 12.6. The van der Waals surface area contributed by atoms with Crippen LogP contribution in [0.3, 0.4) is 0 Å². The van der Waals surface area contributed by atoms with Crippen LogP contribution in [0.1, 0.15) is 47.5 Å². The minimum Gasteiger partial charge on any atom is -0.256 e. The molecule has 0 heterocycles. The summed E-state index contributed by atoms with van der Waals surface area (Å²) < 4.78 is 5.02. The molecule has 0 atom stereocenters. The van der Waals surface area contributed by atoms with E-state index >= 15 is 0 Å². The summed E-state index contributed by atoms with van der Waals surface area (Å²) in [5.41, 5.74) is -1.55. The number of rotatable bonds is 10. The first-order valence-corrected chi connectivity index (χ1v) is 11.2. The van der Waals surface area contributed by atoms with Crippen molar-refractivity contribution in [2.75, 3.05) is 31.9 Å². The monoisotopic (exact) mass is 296 g/mol. The zero-order valence-electron chi connectivity index (χ0n) is 12.1. The molecule has 5 heteroatoms. The maximum absolute atomic E-state index is 6.08. The van der Waals surface area contributed by atoms with Gasteiger partial charge in [-0.05, 0) is 6.42 Å². The molecular formula is C12H29N2PS2. The zero-order chi connectivity index (χ0) is 13.3. The standard InChI is InChI=1S/C12H29N2PS2/c1-6-11-12-17-15(16,13(7-2)8-3)14(9-4)10-5/h6-12H2,1-5H3. The van der Waals surface area contributed by atoms with Crippen LogP contribution >= 0.6 is 16.9 Å². The SMILES string of the molecule is CCCCSP(=S)(N(CC)CC)N(CC)CC. The van der Waals surface area contributed by atoms with E-state index in [1.807, 2.05) is 11.4 Å². The van der Waals surface area contributed by atoms with E-state index in [0.29, 0.717) is 0 Å². The van der Waals surface area contributed by atoms with E-state index in [4.69, 9.17) is 11.8 Å². The topological polar surface area (TPSA) is 6.48 Å². The van der Waals surface area contributed by atoms with Crippen LogP contribution < -0.4 is 0 Å². The molecule has 0 aliphatic heterocycles. The van der Waals surface area contributed by atoms with E-state index in [9.17, 15) is 0 Å². The summed E-state index contributed by atoms with van der Waals surface area (Å²) >= 11 is 8.12. The highest BCUT2D eigenvalue weighted by Gasteiger charge is 2.29. The van der Waals surface area contributed by atoms with Gasteiger partial charge in [0.1, 0.15) is 5.54 Å². The molecule has 0 saturated carbocycles. The van der Waals surface area contributed by atoms with Crippen LogP contribution in [0.5, 0.6) is 0 Å². The molecule has 0 unspecified atom stereocenters. The van der Waals surface area contributed by atoms with Gasteiger partial charge in [0, 0.05) is 31.9 Å². The second-order valence-corrected chi connectivity index (χ2v) is 11.3. The Morgan fingerprint density at radius 1 is 0.882 bits per heavy atom. The first-order valence-electron chi connectivity index (χ1n) is 6.85. The predicted octanol–water partition coefficient (Wildman–Crippen LogP) is 4.43. The van der Waals surface area contributed by atoms with E-state index in [-0.39, 0.29) is 0 Å². The Labute approximate surface area is 117 Å². The van der Waals surface area contributed by atoms with Gasteiger partial charge in [0.25, 0.3) is 0 Å². The third-order valence-electron chi connectivity index (χ3n) is 2.93. The van der Waals surface area contributed by atoms with Crippen LogP contribution in [-0.2, 0) is 11.8 Å². The smallest absolute Gasteiger partial charge is 0.132 e. The maximum Gasteiger partial charge on any atom is 0.132 e. The summed E-state index contributed by atoms with van der Waals surface area (Å²) in [6.07, 6.45) is 2.55. The Kier molecular flexibility index (Phi) is 10.3. The summed E-state index contributed by atoms with van der Waals surface area (Å²) in [5.74, 6) is 1.21. The molecule has 0 aromatic rings. The first-order chi connectivity index (χ1) is 8.10. The van der Waals surface area contributed by atoms with E-state index < -0.39 is 5.54 Å². The highest BCUT2D eigenvalue weighted by Crippen LogP contribution is 2.64. The van der Waals surface area contributed by atoms with E-state index in [1.54, 1.807) is 0 Å². The Morgan fingerprint density at radius 3 is 1.59 bits per heavy atom. The molecule has 0 aliphatic rings. The lowest BCUT2D eigenvalue weighted by Gasteiger charge is -2.40. The van der Waals surface area contributed by atoms with Gasteiger partial charge >= 0.3 is 0 Å². The minimum atomic E-state index is -1.55. The van der Waals surface area contributed by atoms with Gasteiger partial charge in [0.15, 0.2) is 0 Å². The van der Waals surface area contributed by atoms with Gasteiger partial charge in [-0.1, -0.05) is 64.2 Å². The van der Waals surface area contributed by atoms with Gasteiger partial charge in [0.2, 0.25) is 0 Å². The van der Waals surface area contributed by atoms with Gasteiger partial charge in [-0.25, -0.2) is 0 Å². The molecule has 0 amide bonds. The third-order valence-corrected chi connectivity index (χ3v) is 11.6. The molecule has 0 bridgehead atoms. The molecular weight excluding hydrogens is 267 g/mol. The third kappa shape index (κ3) is 5.20. The molecule has 0 rings (SSSR count). The van der Waals surface area contributed by atoms with Crippen molar-refractivity contribution >= 4 is 28.7 Å². The molecule has 0 N–H and O–H groups in total. The first kappa shape index (κ1) is 17.9.